The van der Waals surface area contributed by atoms with E-state index in [1.165, 1.54) is 0 Å². The van der Waals surface area contributed by atoms with Gasteiger partial charge in [0.05, 0.1) is 19.3 Å². The summed E-state index contributed by atoms with van der Waals surface area (Å²) in [6.45, 7) is 0.866. The molecule has 0 radical (unpaired) electrons. The first-order valence-electron chi connectivity index (χ1n) is 10.2. The van der Waals surface area contributed by atoms with Gasteiger partial charge in [-0.25, -0.2) is 4.57 Å². The fraction of sp³-hybridized carbons (Fsp3) is 0.700. The molecular formula is C20H31N2O6P. The molecule has 29 heavy (non-hydrogen) atoms. The number of phosphoric ester groups is 1. The minimum absolute atomic E-state index is 0.0521. The second-order valence-electron chi connectivity index (χ2n) is 8.72. The number of ether oxygens (including phenoxy) is 1. The lowest BCUT2D eigenvalue weighted by molar-refractivity contribution is -0.144. The van der Waals surface area contributed by atoms with Crippen LogP contribution in [0.3, 0.4) is 0 Å². The van der Waals surface area contributed by atoms with E-state index < -0.39 is 20.0 Å². The lowest BCUT2D eigenvalue weighted by Gasteiger charge is -2.57. The Labute approximate surface area is 171 Å². The van der Waals surface area contributed by atoms with Crippen molar-refractivity contribution >= 4 is 7.82 Å². The van der Waals surface area contributed by atoms with Gasteiger partial charge >= 0.3 is 7.82 Å². The van der Waals surface area contributed by atoms with Crippen molar-refractivity contribution in [1.29, 1.82) is 0 Å². The first-order chi connectivity index (χ1) is 13.7. The summed E-state index contributed by atoms with van der Waals surface area (Å²) in [6, 6.07) is 8.08. The highest BCUT2D eigenvalue weighted by Gasteiger charge is 2.59. The number of likely N-dealkylation sites (N-methyl/N-ethyl adjacent to an activating group) is 1. The van der Waals surface area contributed by atoms with Crippen LogP contribution >= 0.6 is 7.82 Å². The van der Waals surface area contributed by atoms with Crippen molar-refractivity contribution in [3.63, 3.8) is 0 Å². The van der Waals surface area contributed by atoms with Gasteiger partial charge in [-0.15, -0.1) is 0 Å². The van der Waals surface area contributed by atoms with Gasteiger partial charge in [0.15, 0.2) is 0 Å². The molecule has 1 aromatic rings. The fourth-order valence-electron chi connectivity index (χ4n) is 5.85. The van der Waals surface area contributed by atoms with Crippen LogP contribution in [0, 0.1) is 5.92 Å². The summed E-state index contributed by atoms with van der Waals surface area (Å²) >= 11 is 0. The van der Waals surface area contributed by atoms with Gasteiger partial charge in [0.2, 0.25) is 0 Å². The number of fused-ring (bicyclic) bond motifs is 1. The van der Waals surface area contributed by atoms with Crippen molar-refractivity contribution in [1.82, 2.24) is 10.2 Å². The molecule has 2 saturated heterocycles. The molecule has 3 fully saturated rings. The number of rotatable bonds is 6. The van der Waals surface area contributed by atoms with Crippen molar-refractivity contribution in [3.05, 3.63) is 29.8 Å². The van der Waals surface area contributed by atoms with E-state index in [0.717, 1.165) is 30.7 Å². The number of nitrogens with zero attached hydrogens (tertiary/aromatic N) is 1. The number of phosphoric acid groups is 1. The van der Waals surface area contributed by atoms with Crippen LogP contribution in [-0.4, -0.2) is 70.3 Å². The van der Waals surface area contributed by atoms with Crippen molar-refractivity contribution in [2.24, 2.45) is 5.92 Å². The minimum Gasteiger partial charge on any atom is -0.497 e. The van der Waals surface area contributed by atoms with Gasteiger partial charge in [0, 0.05) is 30.1 Å². The Hall–Kier alpha value is -0.990. The number of benzene rings is 1. The van der Waals surface area contributed by atoms with Crippen LogP contribution in [0.1, 0.15) is 31.2 Å². The van der Waals surface area contributed by atoms with Crippen LogP contribution in [0.2, 0.25) is 0 Å². The van der Waals surface area contributed by atoms with Crippen LogP contribution in [0.25, 0.3) is 0 Å². The smallest absolute Gasteiger partial charge is 0.469 e. The van der Waals surface area contributed by atoms with Gasteiger partial charge in [0.25, 0.3) is 0 Å². The predicted molar refractivity (Wildman–Crippen MR) is 108 cm³/mol. The molecule has 8 nitrogen and oxygen atoms in total. The average molecular weight is 426 g/mol. The van der Waals surface area contributed by atoms with Gasteiger partial charge < -0.3 is 24.9 Å². The van der Waals surface area contributed by atoms with Crippen molar-refractivity contribution in [3.8, 4) is 5.75 Å². The molecule has 2 bridgehead atoms. The molecule has 6 atom stereocenters. The van der Waals surface area contributed by atoms with Crippen molar-refractivity contribution in [2.45, 2.75) is 61.9 Å². The maximum Gasteiger partial charge on any atom is 0.469 e. The summed E-state index contributed by atoms with van der Waals surface area (Å²) in [5.74, 6) is 0.504. The zero-order valence-corrected chi connectivity index (χ0v) is 17.8. The summed E-state index contributed by atoms with van der Waals surface area (Å²) < 4.78 is 21.8. The number of nitrogens with one attached hydrogen (secondary N) is 1. The monoisotopic (exact) mass is 426 g/mol. The Morgan fingerprint density at radius 1 is 1.28 bits per heavy atom. The van der Waals surface area contributed by atoms with Gasteiger partial charge in [-0.3, -0.25) is 9.42 Å². The molecular weight excluding hydrogens is 395 g/mol. The number of hydrogen-bond donors (Lipinski definition) is 4. The molecule has 1 aromatic carbocycles. The normalized spacial score (nSPS) is 37.3. The highest BCUT2D eigenvalue weighted by molar-refractivity contribution is 7.46. The standard InChI is InChI=1S/C20H31N2O6P/c1-21-14-10-20-8-7-18(28-29(24,25)26)16(11-20)19(23)17(22(20)12-14)9-13-3-5-15(27-2)6-4-13/h3-6,14,16-19,21,23H,7-12H2,1-2H3,(H2,24,25,26)/t14-,16?,17?,18?,19?,20?/m0/s1. The third-order valence-corrected chi connectivity index (χ3v) is 7.70. The topological polar surface area (TPSA) is 111 Å². The molecule has 2 aliphatic heterocycles. The third-order valence-electron chi connectivity index (χ3n) is 7.16. The molecule has 1 saturated carbocycles. The Bertz CT molecular complexity index is 771. The van der Waals surface area contributed by atoms with Crippen LogP contribution < -0.4 is 10.1 Å². The molecule has 4 N–H and O–H groups in total. The number of aliphatic hydroxyl groups excluding tert-OH is 1. The molecule has 162 valence electrons. The van der Waals surface area contributed by atoms with E-state index in [1.807, 2.05) is 31.3 Å². The first kappa shape index (κ1) is 21.2. The zero-order valence-electron chi connectivity index (χ0n) is 16.9. The zero-order chi connectivity index (χ0) is 20.8. The molecule has 1 spiro atoms. The van der Waals surface area contributed by atoms with Crippen LogP contribution in [-0.2, 0) is 15.5 Å². The number of hydrogen-bond acceptors (Lipinski definition) is 6. The SMILES string of the molecule is CN[C@@H]1CN2C(Cc3ccc(OC)cc3)C(O)C3CC2(CCC3OP(=O)(O)O)C1. The molecule has 0 amide bonds. The number of aliphatic hydroxyl groups is 1. The summed E-state index contributed by atoms with van der Waals surface area (Å²) in [5, 5.41) is 14.7. The predicted octanol–water partition coefficient (Wildman–Crippen LogP) is 1.29. The van der Waals surface area contributed by atoms with E-state index in [4.69, 9.17) is 9.26 Å². The van der Waals surface area contributed by atoms with Gasteiger partial charge in [-0.2, -0.15) is 0 Å². The van der Waals surface area contributed by atoms with E-state index in [0.29, 0.717) is 25.3 Å². The van der Waals surface area contributed by atoms with Gasteiger partial charge in [-0.1, -0.05) is 12.1 Å². The van der Waals surface area contributed by atoms with Gasteiger partial charge in [0.1, 0.15) is 5.75 Å². The van der Waals surface area contributed by atoms with E-state index in [2.05, 4.69) is 10.2 Å². The highest BCUT2D eigenvalue weighted by atomic mass is 31.2. The maximum absolute atomic E-state index is 11.5. The van der Waals surface area contributed by atoms with Gasteiger partial charge in [-0.05, 0) is 56.8 Å². The maximum atomic E-state index is 11.5. The second kappa shape index (κ2) is 7.93. The minimum atomic E-state index is -4.60. The van der Waals surface area contributed by atoms with E-state index in [9.17, 15) is 19.5 Å². The summed E-state index contributed by atoms with van der Waals surface area (Å²) in [4.78, 5) is 21.1. The Kier molecular flexibility index (Phi) is 5.81. The lowest BCUT2D eigenvalue weighted by atomic mass is 9.65. The van der Waals surface area contributed by atoms with Crippen LogP contribution in [0.15, 0.2) is 24.3 Å². The highest BCUT2D eigenvalue weighted by Crippen LogP contribution is 2.54. The Morgan fingerprint density at radius 3 is 2.62 bits per heavy atom. The lowest BCUT2D eigenvalue weighted by Crippen LogP contribution is -2.66. The summed E-state index contributed by atoms with van der Waals surface area (Å²) in [7, 11) is -1.00. The molecule has 1 aliphatic carbocycles. The molecule has 5 unspecified atom stereocenters. The largest absolute Gasteiger partial charge is 0.497 e. The Morgan fingerprint density at radius 2 is 2.00 bits per heavy atom. The summed E-state index contributed by atoms with van der Waals surface area (Å²) in [5.41, 5.74) is 1.05. The number of methoxy groups -OCH3 is 1. The molecule has 2 heterocycles. The average Bonchev–Trinajstić information content (AvgIpc) is 3.05. The Balaban J connectivity index is 1.62. The molecule has 0 aromatic heterocycles. The van der Waals surface area contributed by atoms with E-state index in [1.54, 1.807) is 7.11 Å². The molecule has 3 aliphatic rings. The first-order valence-corrected chi connectivity index (χ1v) is 11.8. The third kappa shape index (κ3) is 4.12. The summed E-state index contributed by atoms with van der Waals surface area (Å²) in [6.07, 6.45) is 2.39. The fourth-order valence-corrected chi connectivity index (χ4v) is 6.46. The quantitative estimate of drug-likeness (QED) is 0.504. The molecule has 9 heteroatoms. The van der Waals surface area contributed by atoms with Crippen LogP contribution in [0.4, 0.5) is 0 Å². The van der Waals surface area contributed by atoms with E-state index in [-0.39, 0.29) is 17.5 Å². The van der Waals surface area contributed by atoms with E-state index >= 15 is 0 Å². The van der Waals surface area contributed by atoms with Crippen molar-refractivity contribution in [2.75, 3.05) is 20.7 Å². The number of piperidine rings is 1. The second-order valence-corrected chi connectivity index (χ2v) is 9.91. The molecule has 4 rings (SSSR count). The van der Waals surface area contributed by atoms with Crippen molar-refractivity contribution < 1.29 is 28.7 Å². The van der Waals surface area contributed by atoms with Crippen LogP contribution in [0.5, 0.6) is 5.75 Å².